The molecular weight excluding hydrogens is 298 g/mol. The predicted octanol–water partition coefficient (Wildman–Crippen LogP) is 3.75. The van der Waals surface area contributed by atoms with Crippen LogP contribution in [-0.4, -0.2) is 19.0 Å². The van der Waals surface area contributed by atoms with Crippen molar-refractivity contribution in [3.63, 3.8) is 0 Å². The minimum atomic E-state index is -0.481. The number of hydrogen-bond donors (Lipinski definition) is 1. The number of aryl methyl sites for hydroxylation is 1. The smallest absolute Gasteiger partial charge is 0.350 e. The number of rotatable bonds is 3. The van der Waals surface area contributed by atoms with E-state index < -0.39 is 5.97 Å². The summed E-state index contributed by atoms with van der Waals surface area (Å²) in [6.45, 7) is 1.82. The van der Waals surface area contributed by atoms with E-state index >= 15 is 0 Å². The topological polar surface area (TPSA) is 55.4 Å². The van der Waals surface area contributed by atoms with E-state index in [9.17, 15) is 9.59 Å². The molecule has 1 aromatic heterocycles. The average molecular weight is 310 g/mol. The maximum atomic E-state index is 12.2. The van der Waals surface area contributed by atoms with Crippen LogP contribution in [-0.2, 0) is 4.74 Å². The summed E-state index contributed by atoms with van der Waals surface area (Å²) in [5, 5.41) is 4.79. The highest BCUT2D eigenvalue weighted by molar-refractivity contribution is 7.12. The molecule has 1 heterocycles. The second kappa shape index (κ2) is 6.07. The van der Waals surface area contributed by atoms with Crippen LogP contribution in [0.15, 0.2) is 29.6 Å². The van der Waals surface area contributed by atoms with Crippen molar-refractivity contribution in [3.05, 3.63) is 50.7 Å². The van der Waals surface area contributed by atoms with E-state index in [0.717, 1.165) is 5.56 Å². The first kappa shape index (κ1) is 14.6. The van der Waals surface area contributed by atoms with Crippen molar-refractivity contribution in [3.8, 4) is 0 Å². The van der Waals surface area contributed by atoms with Gasteiger partial charge in [-0.1, -0.05) is 23.7 Å². The Bertz CT molecular complexity index is 666. The van der Waals surface area contributed by atoms with Gasteiger partial charge in [-0.3, -0.25) is 4.79 Å². The Morgan fingerprint density at radius 1 is 1.30 bits per heavy atom. The number of hydrogen-bond acceptors (Lipinski definition) is 4. The lowest BCUT2D eigenvalue weighted by Crippen LogP contribution is -2.14. The van der Waals surface area contributed by atoms with Crippen LogP contribution in [0, 0.1) is 6.92 Å². The Labute approximate surface area is 125 Å². The largest absolute Gasteiger partial charge is 0.465 e. The third kappa shape index (κ3) is 2.84. The maximum Gasteiger partial charge on any atom is 0.350 e. The third-order valence-electron chi connectivity index (χ3n) is 2.72. The Morgan fingerprint density at radius 3 is 2.75 bits per heavy atom. The molecule has 0 saturated heterocycles. The zero-order chi connectivity index (χ0) is 14.7. The van der Waals surface area contributed by atoms with Gasteiger partial charge >= 0.3 is 5.97 Å². The number of nitrogens with one attached hydrogen (secondary N) is 1. The number of ether oxygens (including phenoxy) is 1. The Hall–Kier alpha value is -1.85. The minimum absolute atomic E-state index is 0.352. The molecule has 0 atom stereocenters. The lowest BCUT2D eigenvalue weighted by molar-refractivity contribution is 0.0607. The van der Waals surface area contributed by atoms with E-state index in [1.165, 1.54) is 18.4 Å². The summed E-state index contributed by atoms with van der Waals surface area (Å²) >= 11 is 7.31. The molecule has 0 unspecified atom stereocenters. The van der Waals surface area contributed by atoms with E-state index in [1.807, 2.05) is 13.0 Å². The molecule has 2 aromatic rings. The van der Waals surface area contributed by atoms with Gasteiger partial charge in [-0.25, -0.2) is 4.79 Å². The lowest BCUT2D eigenvalue weighted by Gasteiger charge is -2.08. The molecule has 0 bridgehead atoms. The number of anilines is 1. The molecule has 4 nitrogen and oxygen atoms in total. The van der Waals surface area contributed by atoms with Crippen molar-refractivity contribution in [2.75, 3.05) is 12.4 Å². The second-order valence-corrected chi connectivity index (χ2v) is 5.34. The van der Waals surface area contributed by atoms with Crippen LogP contribution < -0.4 is 5.32 Å². The summed E-state index contributed by atoms with van der Waals surface area (Å²) in [6, 6.07) is 6.86. The highest BCUT2D eigenvalue weighted by atomic mass is 35.5. The van der Waals surface area contributed by atoms with Gasteiger partial charge in [0.25, 0.3) is 5.91 Å². The van der Waals surface area contributed by atoms with Crippen LogP contribution in [0.5, 0.6) is 0 Å². The predicted molar refractivity (Wildman–Crippen MR) is 79.8 cm³/mol. The molecule has 6 heteroatoms. The molecule has 104 valence electrons. The molecule has 0 spiro atoms. The Morgan fingerprint density at radius 2 is 2.05 bits per heavy atom. The summed E-state index contributed by atoms with van der Waals surface area (Å²) in [7, 11) is 1.30. The van der Waals surface area contributed by atoms with Gasteiger partial charge in [0, 0.05) is 0 Å². The number of esters is 1. The fraction of sp³-hybridized carbons (Fsp3) is 0.143. The molecule has 1 aromatic carbocycles. The van der Waals surface area contributed by atoms with Gasteiger partial charge in [-0.2, -0.15) is 0 Å². The minimum Gasteiger partial charge on any atom is -0.465 e. The fourth-order valence-corrected chi connectivity index (χ4v) is 2.65. The summed E-state index contributed by atoms with van der Waals surface area (Å²) < 4.78 is 4.66. The SMILES string of the molecule is COC(=O)c1sccc1NC(=O)c1cccc(C)c1Cl. The van der Waals surface area contributed by atoms with Crippen LogP contribution in [0.25, 0.3) is 0 Å². The number of benzene rings is 1. The van der Waals surface area contributed by atoms with Crippen molar-refractivity contribution in [2.45, 2.75) is 6.92 Å². The first-order valence-corrected chi connectivity index (χ1v) is 7.02. The summed E-state index contributed by atoms with van der Waals surface area (Å²) in [5.74, 6) is -0.840. The van der Waals surface area contributed by atoms with Crippen molar-refractivity contribution >= 4 is 40.5 Å². The van der Waals surface area contributed by atoms with Gasteiger partial charge < -0.3 is 10.1 Å². The number of halogens is 1. The molecule has 1 amide bonds. The molecule has 0 saturated carbocycles. The van der Waals surface area contributed by atoms with Gasteiger partial charge in [0.15, 0.2) is 0 Å². The van der Waals surface area contributed by atoms with Crippen LogP contribution >= 0.6 is 22.9 Å². The summed E-state index contributed by atoms with van der Waals surface area (Å²) in [5.41, 5.74) is 1.61. The molecule has 1 N–H and O–H groups in total. The third-order valence-corrected chi connectivity index (χ3v) is 4.12. The molecule has 0 aliphatic heterocycles. The normalized spacial score (nSPS) is 10.2. The summed E-state index contributed by atoms with van der Waals surface area (Å²) in [4.78, 5) is 24.1. The molecule has 0 aliphatic rings. The van der Waals surface area contributed by atoms with Crippen LogP contribution in [0.1, 0.15) is 25.6 Å². The van der Waals surface area contributed by atoms with Crippen LogP contribution in [0.3, 0.4) is 0 Å². The highest BCUT2D eigenvalue weighted by Gasteiger charge is 2.18. The number of amides is 1. The lowest BCUT2D eigenvalue weighted by atomic mass is 10.1. The van der Waals surface area contributed by atoms with E-state index in [2.05, 4.69) is 10.1 Å². The standard InChI is InChI=1S/C14H12ClNO3S/c1-8-4-3-5-9(11(8)15)13(17)16-10-6-7-20-12(10)14(18)19-2/h3-7H,1-2H3,(H,16,17). The van der Waals surface area contributed by atoms with Crippen molar-refractivity contribution < 1.29 is 14.3 Å². The molecule has 0 aliphatic carbocycles. The molecule has 0 fully saturated rings. The van der Waals surface area contributed by atoms with Crippen LogP contribution in [0.2, 0.25) is 5.02 Å². The molecule has 2 rings (SSSR count). The van der Waals surface area contributed by atoms with Crippen LogP contribution in [0.4, 0.5) is 5.69 Å². The molecular formula is C14H12ClNO3S. The van der Waals surface area contributed by atoms with E-state index in [0.29, 0.717) is 21.2 Å². The molecule has 0 radical (unpaired) electrons. The first-order chi connectivity index (χ1) is 9.54. The van der Waals surface area contributed by atoms with Gasteiger partial charge in [-0.05, 0) is 30.0 Å². The van der Waals surface area contributed by atoms with Gasteiger partial charge in [0.2, 0.25) is 0 Å². The number of methoxy groups -OCH3 is 1. The van der Waals surface area contributed by atoms with Gasteiger partial charge in [-0.15, -0.1) is 11.3 Å². The summed E-state index contributed by atoms with van der Waals surface area (Å²) in [6.07, 6.45) is 0. The zero-order valence-corrected chi connectivity index (χ0v) is 12.5. The van der Waals surface area contributed by atoms with Gasteiger partial charge in [0.1, 0.15) is 4.88 Å². The zero-order valence-electron chi connectivity index (χ0n) is 10.9. The Balaban J connectivity index is 2.27. The second-order valence-electron chi connectivity index (χ2n) is 4.05. The first-order valence-electron chi connectivity index (χ1n) is 5.77. The number of carbonyl (C=O) groups excluding carboxylic acids is 2. The van der Waals surface area contributed by atoms with E-state index in [4.69, 9.17) is 11.6 Å². The van der Waals surface area contributed by atoms with Gasteiger partial charge in [0.05, 0.1) is 23.4 Å². The number of thiophene rings is 1. The van der Waals surface area contributed by atoms with Crippen molar-refractivity contribution in [2.24, 2.45) is 0 Å². The average Bonchev–Trinajstić information content (AvgIpc) is 2.89. The highest BCUT2D eigenvalue weighted by Crippen LogP contribution is 2.26. The monoisotopic (exact) mass is 309 g/mol. The van der Waals surface area contributed by atoms with Crippen molar-refractivity contribution in [1.82, 2.24) is 0 Å². The van der Waals surface area contributed by atoms with Crippen molar-refractivity contribution in [1.29, 1.82) is 0 Å². The molecule has 20 heavy (non-hydrogen) atoms. The van der Waals surface area contributed by atoms with E-state index in [-0.39, 0.29) is 5.91 Å². The Kier molecular flexibility index (Phi) is 4.42. The number of carbonyl (C=O) groups is 2. The maximum absolute atomic E-state index is 12.2. The quantitative estimate of drug-likeness (QED) is 0.879. The fourth-order valence-electron chi connectivity index (χ4n) is 1.67. The van der Waals surface area contributed by atoms with E-state index in [1.54, 1.807) is 23.6 Å².